The lowest BCUT2D eigenvalue weighted by Crippen LogP contribution is -2.36. The number of hydrogen-bond acceptors (Lipinski definition) is 2. The monoisotopic (exact) mass is 281 g/mol. The van der Waals surface area contributed by atoms with Crippen LogP contribution >= 0.6 is 11.6 Å². The van der Waals surface area contributed by atoms with Crippen LogP contribution in [0.25, 0.3) is 0 Å². The number of amides is 1. The van der Waals surface area contributed by atoms with Gasteiger partial charge in [0.15, 0.2) is 0 Å². The van der Waals surface area contributed by atoms with E-state index in [1.807, 2.05) is 45.0 Å². The number of hydrogen-bond donors (Lipinski definition) is 1. The maximum Gasteiger partial charge on any atom is 0.407 e. The first-order valence-corrected chi connectivity index (χ1v) is 6.84. The molecule has 0 aliphatic heterocycles. The Labute approximate surface area is 119 Å². The van der Waals surface area contributed by atoms with E-state index >= 15 is 0 Å². The van der Waals surface area contributed by atoms with Crippen LogP contribution in [0.15, 0.2) is 24.3 Å². The quantitative estimate of drug-likeness (QED) is 0.893. The third kappa shape index (κ3) is 3.41. The molecule has 1 aliphatic rings. The summed E-state index contributed by atoms with van der Waals surface area (Å²) in [5, 5.41) is 3.65. The second-order valence-electron chi connectivity index (χ2n) is 6.33. The van der Waals surface area contributed by atoms with E-state index in [1.165, 1.54) is 5.56 Å². The van der Waals surface area contributed by atoms with Crippen LogP contribution in [-0.4, -0.2) is 17.7 Å². The van der Waals surface area contributed by atoms with Crippen molar-refractivity contribution in [2.75, 3.05) is 0 Å². The summed E-state index contributed by atoms with van der Waals surface area (Å²) >= 11 is 5.89. The summed E-state index contributed by atoms with van der Waals surface area (Å²) in [5.41, 5.74) is 0.717. The van der Waals surface area contributed by atoms with Crippen molar-refractivity contribution in [3.8, 4) is 0 Å². The molecule has 4 heteroatoms. The molecular weight excluding hydrogens is 262 g/mol. The molecule has 0 unspecified atom stereocenters. The SMILES string of the molecule is CC(C)(C)OC(=O)N[C@@H]1C[C@]1(C)c1ccc(Cl)cc1. The van der Waals surface area contributed by atoms with E-state index in [-0.39, 0.29) is 17.6 Å². The van der Waals surface area contributed by atoms with Gasteiger partial charge in [0.1, 0.15) is 5.60 Å². The van der Waals surface area contributed by atoms with E-state index in [2.05, 4.69) is 12.2 Å². The average molecular weight is 282 g/mol. The van der Waals surface area contributed by atoms with E-state index in [0.29, 0.717) is 0 Å². The molecule has 0 aromatic heterocycles. The fourth-order valence-electron chi connectivity index (χ4n) is 2.17. The van der Waals surface area contributed by atoms with Crippen LogP contribution in [0.5, 0.6) is 0 Å². The second-order valence-corrected chi connectivity index (χ2v) is 6.76. The highest BCUT2D eigenvalue weighted by atomic mass is 35.5. The van der Waals surface area contributed by atoms with Crippen LogP contribution in [0.4, 0.5) is 4.79 Å². The third-order valence-electron chi connectivity index (χ3n) is 3.43. The molecule has 0 heterocycles. The van der Waals surface area contributed by atoms with Gasteiger partial charge in [0, 0.05) is 16.5 Å². The topological polar surface area (TPSA) is 38.3 Å². The Hall–Kier alpha value is -1.22. The van der Waals surface area contributed by atoms with Gasteiger partial charge in [-0.25, -0.2) is 4.79 Å². The largest absolute Gasteiger partial charge is 0.444 e. The molecule has 0 bridgehead atoms. The number of alkyl carbamates (subject to hydrolysis) is 1. The number of benzene rings is 1. The van der Waals surface area contributed by atoms with Crippen molar-refractivity contribution in [2.45, 2.75) is 51.2 Å². The zero-order valence-corrected chi connectivity index (χ0v) is 12.5. The first kappa shape index (κ1) is 14.2. The Kier molecular flexibility index (Phi) is 3.52. The summed E-state index contributed by atoms with van der Waals surface area (Å²) in [4.78, 5) is 11.7. The predicted molar refractivity (Wildman–Crippen MR) is 76.6 cm³/mol. The molecule has 2 atom stereocenters. The number of nitrogens with one attached hydrogen (secondary N) is 1. The van der Waals surface area contributed by atoms with Gasteiger partial charge in [-0.15, -0.1) is 0 Å². The summed E-state index contributed by atoms with van der Waals surface area (Å²) in [7, 11) is 0. The highest BCUT2D eigenvalue weighted by Crippen LogP contribution is 2.48. The highest BCUT2D eigenvalue weighted by molar-refractivity contribution is 6.30. The Bertz CT molecular complexity index is 478. The standard InChI is InChI=1S/C15H20ClNO2/c1-14(2,3)19-13(18)17-12-9-15(12,4)10-5-7-11(16)8-6-10/h5-8,12H,9H2,1-4H3,(H,17,18)/t12-,15-/m1/s1. The lowest BCUT2D eigenvalue weighted by molar-refractivity contribution is 0.0520. The Morgan fingerprint density at radius 1 is 1.37 bits per heavy atom. The van der Waals surface area contributed by atoms with Gasteiger partial charge in [-0.05, 0) is 44.9 Å². The minimum absolute atomic E-state index is 0.0124. The fourth-order valence-corrected chi connectivity index (χ4v) is 2.30. The minimum Gasteiger partial charge on any atom is -0.444 e. The molecule has 0 spiro atoms. The molecule has 3 nitrogen and oxygen atoms in total. The number of ether oxygens (including phenoxy) is 1. The van der Waals surface area contributed by atoms with Gasteiger partial charge >= 0.3 is 6.09 Å². The summed E-state index contributed by atoms with van der Waals surface area (Å²) in [6.07, 6.45) is 0.573. The Balaban J connectivity index is 1.96. The molecule has 1 aromatic carbocycles. The van der Waals surface area contributed by atoms with Crippen LogP contribution in [-0.2, 0) is 10.2 Å². The van der Waals surface area contributed by atoms with Crippen molar-refractivity contribution >= 4 is 17.7 Å². The van der Waals surface area contributed by atoms with Crippen LogP contribution in [0.1, 0.15) is 39.7 Å². The first-order chi connectivity index (χ1) is 8.71. The number of halogens is 1. The highest BCUT2D eigenvalue weighted by Gasteiger charge is 2.52. The molecule has 2 rings (SSSR count). The lowest BCUT2D eigenvalue weighted by Gasteiger charge is -2.20. The summed E-state index contributed by atoms with van der Waals surface area (Å²) in [6, 6.07) is 7.91. The van der Waals surface area contributed by atoms with Gasteiger partial charge in [0.25, 0.3) is 0 Å². The van der Waals surface area contributed by atoms with Gasteiger partial charge in [0.05, 0.1) is 0 Å². The first-order valence-electron chi connectivity index (χ1n) is 6.46. The maximum absolute atomic E-state index is 11.7. The van der Waals surface area contributed by atoms with E-state index in [1.54, 1.807) is 0 Å². The molecule has 104 valence electrons. The normalized spacial score (nSPS) is 25.8. The smallest absolute Gasteiger partial charge is 0.407 e. The van der Waals surface area contributed by atoms with E-state index in [9.17, 15) is 4.79 Å². The van der Waals surface area contributed by atoms with Gasteiger partial charge in [-0.1, -0.05) is 30.7 Å². The van der Waals surface area contributed by atoms with Gasteiger partial charge < -0.3 is 10.1 Å². The zero-order valence-electron chi connectivity index (χ0n) is 11.8. The van der Waals surface area contributed by atoms with Crippen LogP contribution in [0.2, 0.25) is 5.02 Å². The molecule has 19 heavy (non-hydrogen) atoms. The minimum atomic E-state index is -0.463. The van der Waals surface area contributed by atoms with E-state index in [4.69, 9.17) is 16.3 Å². The van der Waals surface area contributed by atoms with E-state index in [0.717, 1.165) is 11.4 Å². The van der Waals surface area contributed by atoms with Crippen molar-refractivity contribution in [3.63, 3.8) is 0 Å². The maximum atomic E-state index is 11.7. The molecule has 1 saturated carbocycles. The Morgan fingerprint density at radius 3 is 2.47 bits per heavy atom. The summed E-state index contributed by atoms with van der Waals surface area (Å²) in [5.74, 6) is 0. The van der Waals surface area contributed by atoms with E-state index < -0.39 is 5.60 Å². The molecule has 1 aromatic rings. The average Bonchev–Trinajstić information content (AvgIpc) is 2.88. The van der Waals surface area contributed by atoms with Gasteiger partial charge in [-0.2, -0.15) is 0 Å². The fraction of sp³-hybridized carbons (Fsp3) is 0.533. The molecule has 0 saturated heterocycles. The Morgan fingerprint density at radius 2 is 1.95 bits per heavy atom. The molecule has 1 amide bonds. The van der Waals surface area contributed by atoms with Gasteiger partial charge in [0.2, 0.25) is 0 Å². The molecular formula is C15H20ClNO2. The number of carbonyl (C=O) groups is 1. The molecule has 1 fully saturated rings. The molecule has 0 radical (unpaired) electrons. The van der Waals surface area contributed by atoms with Crippen LogP contribution in [0, 0.1) is 0 Å². The predicted octanol–water partition coefficient (Wildman–Crippen LogP) is 3.89. The number of rotatable bonds is 2. The van der Waals surface area contributed by atoms with Crippen molar-refractivity contribution in [1.82, 2.24) is 5.32 Å². The lowest BCUT2D eigenvalue weighted by atomic mass is 9.97. The van der Waals surface area contributed by atoms with Crippen molar-refractivity contribution in [1.29, 1.82) is 0 Å². The summed E-state index contributed by atoms with van der Waals surface area (Å²) < 4.78 is 5.27. The van der Waals surface area contributed by atoms with Gasteiger partial charge in [-0.3, -0.25) is 0 Å². The van der Waals surface area contributed by atoms with Crippen LogP contribution in [0.3, 0.4) is 0 Å². The second kappa shape index (κ2) is 4.71. The molecule has 1 N–H and O–H groups in total. The summed E-state index contributed by atoms with van der Waals surface area (Å²) in [6.45, 7) is 7.71. The number of carbonyl (C=O) groups excluding carboxylic acids is 1. The zero-order chi connectivity index (χ0) is 14.3. The third-order valence-corrected chi connectivity index (χ3v) is 3.68. The van der Waals surface area contributed by atoms with Crippen molar-refractivity contribution in [3.05, 3.63) is 34.9 Å². The molecule has 1 aliphatic carbocycles. The van der Waals surface area contributed by atoms with Crippen molar-refractivity contribution < 1.29 is 9.53 Å². The van der Waals surface area contributed by atoms with Crippen molar-refractivity contribution in [2.24, 2.45) is 0 Å². The van der Waals surface area contributed by atoms with Crippen LogP contribution < -0.4 is 5.32 Å².